The molecule has 0 bridgehead atoms. The molecule has 0 saturated heterocycles. The highest BCUT2D eigenvalue weighted by molar-refractivity contribution is 6.20. The summed E-state index contributed by atoms with van der Waals surface area (Å²) in [6.07, 6.45) is 2.65. The van der Waals surface area contributed by atoms with E-state index in [1.54, 1.807) is 0 Å². The van der Waals surface area contributed by atoms with E-state index >= 15 is 0 Å². The molecule has 0 aliphatic heterocycles. The molecule has 1 saturated carbocycles. The Morgan fingerprint density at radius 2 is 2.12 bits per heavy atom. The Morgan fingerprint density at radius 1 is 1.38 bits per heavy atom. The number of hydrogen-bond acceptors (Lipinski definition) is 0. The zero-order chi connectivity index (χ0) is 5.98. The van der Waals surface area contributed by atoms with Gasteiger partial charge in [-0.3, -0.25) is 0 Å². The van der Waals surface area contributed by atoms with Gasteiger partial charge in [0.1, 0.15) is 6.17 Å². The maximum atomic E-state index is 12.3. The lowest BCUT2D eigenvalue weighted by atomic mass is 9.99. The minimum absolute atomic E-state index is 0.110. The lowest BCUT2D eigenvalue weighted by molar-refractivity contribution is 0.254. The summed E-state index contributed by atoms with van der Waals surface area (Å²) in [7, 11) is 0. The van der Waals surface area contributed by atoms with Crippen LogP contribution in [0.5, 0.6) is 0 Å². The van der Waals surface area contributed by atoms with Crippen molar-refractivity contribution in [3.05, 3.63) is 0 Å². The lowest BCUT2D eigenvalue weighted by Gasteiger charge is -2.18. The van der Waals surface area contributed by atoms with Crippen molar-refractivity contribution >= 4 is 11.6 Å². The average Bonchev–Trinajstić information content (AvgIpc) is 1.64. The fraction of sp³-hybridized carbons (Fsp3) is 1.00. The topological polar surface area (TPSA) is 0 Å². The van der Waals surface area contributed by atoms with Crippen molar-refractivity contribution < 1.29 is 4.39 Å². The number of alkyl halides is 2. The second-order valence-electron chi connectivity index (χ2n) is 2.36. The van der Waals surface area contributed by atoms with Crippen molar-refractivity contribution in [1.82, 2.24) is 0 Å². The third-order valence-electron chi connectivity index (χ3n) is 1.55. The van der Waals surface area contributed by atoms with Crippen LogP contribution in [0, 0.1) is 0 Å². The van der Waals surface area contributed by atoms with Crippen LogP contribution in [0.15, 0.2) is 0 Å². The van der Waals surface area contributed by atoms with E-state index in [1.165, 1.54) is 0 Å². The summed E-state index contributed by atoms with van der Waals surface area (Å²) >= 11 is 5.67. The molecule has 0 aromatic heterocycles. The Labute approximate surface area is 54.0 Å². The van der Waals surface area contributed by atoms with E-state index in [9.17, 15) is 4.39 Å². The van der Waals surface area contributed by atoms with Gasteiger partial charge in [-0.25, -0.2) is 4.39 Å². The molecule has 1 fully saturated rings. The summed E-state index contributed by atoms with van der Waals surface area (Å²) in [5, 5.41) is 0.110. The molecule has 1 unspecified atom stereocenters. The molecule has 0 radical (unpaired) electrons. The Morgan fingerprint density at radius 3 is 2.50 bits per heavy atom. The van der Waals surface area contributed by atoms with Crippen LogP contribution in [0.1, 0.15) is 25.7 Å². The second kappa shape index (κ2) is 2.67. The van der Waals surface area contributed by atoms with Crippen LogP contribution in [0.4, 0.5) is 4.39 Å². The van der Waals surface area contributed by atoms with Gasteiger partial charge in [-0.2, -0.15) is 0 Å². The first-order valence-corrected chi connectivity index (χ1v) is 3.51. The van der Waals surface area contributed by atoms with Gasteiger partial charge < -0.3 is 0 Å². The molecular formula is C6H10ClF. The molecule has 48 valence electrons. The van der Waals surface area contributed by atoms with E-state index in [4.69, 9.17) is 11.6 Å². The summed E-state index contributed by atoms with van der Waals surface area (Å²) in [4.78, 5) is 0. The molecule has 0 amide bonds. The Hall–Kier alpha value is 0.220. The zero-order valence-corrected chi connectivity index (χ0v) is 5.49. The first-order chi connectivity index (χ1) is 3.79. The maximum Gasteiger partial charge on any atom is 0.102 e. The Balaban J connectivity index is 2.23. The van der Waals surface area contributed by atoms with Gasteiger partial charge in [0.2, 0.25) is 0 Å². The van der Waals surface area contributed by atoms with Gasteiger partial charge in [-0.05, 0) is 25.7 Å². The van der Waals surface area contributed by atoms with Gasteiger partial charge in [-0.15, -0.1) is 11.6 Å². The van der Waals surface area contributed by atoms with Crippen LogP contribution >= 0.6 is 11.6 Å². The third kappa shape index (κ3) is 1.62. The number of halogens is 2. The molecule has 0 heterocycles. The van der Waals surface area contributed by atoms with E-state index in [1.807, 2.05) is 0 Å². The fourth-order valence-electron chi connectivity index (χ4n) is 1.07. The molecule has 8 heavy (non-hydrogen) atoms. The molecule has 0 nitrogen and oxygen atoms in total. The number of rotatable bonds is 0. The standard InChI is InChI=1S/C6H10ClF/c7-5-2-1-3-6(8)4-5/h5-6H,1-4H2/t5-,6?/m1/s1. The fourth-order valence-corrected chi connectivity index (χ4v) is 1.42. The second-order valence-corrected chi connectivity index (χ2v) is 2.98. The molecule has 0 N–H and O–H groups in total. The van der Waals surface area contributed by atoms with Crippen LogP contribution in [0.3, 0.4) is 0 Å². The van der Waals surface area contributed by atoms with Crippen molar-refractivity contribution in [3.8, 4) is 0 Å². The third-order valence-corrected chi connectivity index (χ3v) is 1.94. The Kier molecular flexibility index (Phi) is 2.12. The molecule has 1 aliphatic carbocycles. The lowest BCUT2D eigenvalue weighted by Crippen LogP contribution is -2.15. The maximum absolute atomic E-state index is 12.3. The van der Waals surface area contributed by atoms with Crippen molar-refractivity contribution in [2.75, 3.05) is 0 Å². The monoisotopic (exact) mass is 136 g/mol. The first-order valence-electron chi connectivity index (χ1n) is 3.07. The SMILES string of the molecule is FC1CCC[C@@H](Cl)C1. The van der Waals surface area contributed by atoms with Crippen molar-refractivity contribution in [2.24, 2.45) is 0 Å². The van der Waals surface area contributed by atoms with E-state index in [0.717, 1.165) is 19.3 Å². The molecule has 0 aromatic rings. The molecule has 0 spiro atoms. The van der Waals surface area contributed by atoms with Crippen molar-refractivity contribution in [3.63, 3.8) is 0 Å². The van der Waals surface area contributed by atoms with E-state index in [-0.39, 0.29) is 5.38 Å². The van der Waals surface area contributed by atoms with Gasteiger partial charge in [0, 0.05) is 5.38 Å². The normalized spacial score (nSPS) is 39.8. The van der Waals surface area contributed by atoms with E-state index in [0.29, 0.717) is 6.42 Å². The highest BCUT2D eigenvalue weighted by Gasteiger charge is 2.18. The van der Waals surface area contributed by atoms with Crippen LogP contribution in [0.25, 0.3) is 0 Å². The van der Waals surface area contributed by atoms with E-state index < -0.39 is 6.17 Å². The highest BCUT2D eigenvalue weighted by Crippen LogP contribution is 2.24. The zero-order valence-electron chi connectivity index (χ0n) is 4.74. The number of hydrogen-bond donors (Lipinski definition) is 0. The van der Waals surface area contributed by atoms with Gasteiger partial charge in [-0.1, -0.05) is 0 Å². The molecule has 2 atom stereocenters. The summed E-state index contributed by atoms with van der Waals surface area (Å²) in [6, 6.07) is 0. The average molecular weight is 137 g/mol. The minimum atomic E-state index is -0.619. The smallest absolute Gasteiger partial charge is 0.102 e. The highest BCUT2D eigenvalue weighted by atomic mass is 35.5. The minimum Gasteiger partial charge on any atom is -0.247 e. The van der Waals surface area contributed by atoms with Crippen molar-refractivity contribution in [1.29, 1.82) is 0 Å². The van der Waals surface area contributed by atoms with E-state index in [2.05, 4.69) is 0 Å². The van der Waals surface area contributed by atoms with Gasteiger partial charge >= 0.3 is 0 Å². The Bertz CT molecular complexity index is 66.9. The molecular weight excluding hydrogens is 127 g/mol. The van der Waals surface area contributed by atoms with Crippen LogP contribution in [0.2, 0.25) is 0 Å². The molecule has 1 rings (SSSR count). The largest absolute Gasteiger partial charge is 0.247 e. The molecule has 0 aromatic carbocycles. The van der Waals surface area contributed by atoms with Gasteiger partial charge in [0.25, 0.3) is 0 Å². The quantitative estimate of drug-likeness (QED) is 0.449. The van der Waals surface area contributed by atoms with Crippen LogP contribution in [-0.4, -0.2) is 11.5 Å². The summed E-state index contributed by atoms with van der Waals surface area (Å²) in [6.45, 7) is 0. The molecule has 2 heteroatoms. The summed E-state index contributed by atoms with van der Waals surface area (Å²) < 4.78 is 12.3. The molecule has 1 aliphatic rings. The van der Waals surface area contributed by atoms with Gasteiger partial charge in [0.15, 0.2) is 0 Å². The van der Waals surface area contributed by atoms with Crippen LogP contribution in [-0.2, 0) is 0 Å². The van der Waals surface area contributed by atoms with Gasteiger partial charge in [0.05, 0.1) is 0 Å². The predicted molar refractivity (Wildman–Crippen MR) is 33.0 cm³/mol. The first kappa shape index (κ1) is 6.34. The predicted octanol–water partition coefficient (Wildman–Crippen LogP) is 2.51. The summed E-state index contributed by atoms with van der Waals surface area (Å²) in [5.74, 6) is 0. The van der Waals surface area contributed by atoms with Crippen molar-refractivity contribution in [2.45, 2.75) is 37.2 Å². The summed E-state index contributed by atoms with van der Waals surface area (Å²) in [5.41, 5.74) is 0. The van der Waals surface area contributed by atoms with Crippen LogP contribution < -0.4 is 0 Å².